The van der Waals surface area contributed by atoms with Gasteiger partial charge in [0.05, 0.1) is 6.42 Å². The van der Waals surface area contributed by atoms with E-state index in [1.807, 2.05) is 25.1 Å². The summed E-state index contributed by atoms with van der Waals surface area (Å²) in [5.41, 5.74) is 6.49. The van der Waals surface area contributed by atoms with Crippen LogP contribution in [0.3, 0.4) is 0 Å². The number of carbonyl (C=O) groups is 2. The molecule has 0 spiro atoms. The lowest BCUT2D eigenvalue weighted by molar-refractivity contribution is -0.129. The van der Waals surface area contributed by atoms with Crippen LogP contribution < -0.4 is 15.6 Å². The summed E-state index contributed by atoms with van der Waals surface area (Å²) in [6, 6.07) is 14.3. The highest BCUT2D eigenvalue weighted by molar-refractivity contribution is 6.30. The van der Waals surface area contributed by atoms with E-state index in [0.29, 0.717) is 10.8 Å². The third-order valence-electron chi connectivity index (χ3n) is 2.98. The molecule has 2 aromatic rings. The Kier molecular flexibility index (Phi) is 6.00. The van der Waals surface area contributed by atoms with Crippen molar-refractivity contribution in [3.05, 3.63) is 64.7 Å². The number of rotatable bonds is 5. The summed E-state index contributed by atoms with van der Waals surface area (Å²) in [6.45, 7) is 1.76. The molecule has 2 amide bonds. The number of carbonyl (C=O) groups excluding carboxylic acids is 2. The van der Waals surface area contributed by atoms with Crippen LogP contribution in [0.25, 0.3) is 0 Å². The highest BCUT2D eigenvalue weighted by Gasteiger charge is 2.07. The molecule has 5 nitrogen and oxygen atoms in total. The molecule has 0 fully saturated rings. The first-order chi connectivity index (χ1) is 11.0. The Labute approximate surface area is 139 Å². The van der Waals surface area contributed by atoms with E-state index < -0.39 is 5.91 Å². The zero-order chi connectivity index (χ0) is 16.7. The van der Waals surface area contributed by atoms with E-state index in [4.69, 9.17) is 16.3 Å². The van der Waals surface area contributed by atoms with Gasteiger partial charge >= 0.3 is 0 Å². The second-order valence-corrected chi connectivity index (χ2v) is 5.44. The molecule has 0 unspecified atom stereocenters. The van der Waals surface area contributed by atoms with Crippen molar-refractivity contribution in [3.63, 3.8) is 0 Å². The number of nitrogens with one attached hydrogen (secondary N) is 2. The summed E-state index contributed by atoms with van der Waals surface area (Å²) in [5.74, 6) is -0.153. The molecule has 23 heavy (non-hydrogen) atoms. The van der Waals surface area contributed by atoms with Crippen LogP contribution in [0.2, 0.25) is 5.02 Å². The number of hydrogen-bond acceptors (Lipinski definition) is 3. The second kappa shape index (κ2) is 8.19. The zero-order valence-electron chi connectivity index (χ0n) is 12.6. The van der Waals surface area contributed by atoms with Crippen LogP contribution in [0.4, 0.5) is 0 Å². The average molecular weight is 333 g/mol. The number of amides is 2. The van der Waals surface area contributed by atoms with E-state index in [9.17, 15) is 9.59 Å². The highest BCUT2D eigenvalue weighted by Crippen LogP contribution is 2.12. The first-order valence-electron chi connectivity index (χ1n) is 7.04. The molecule has 0 radical (unpaired) electrons. The predicted octanol–water partition coefficient (Wildman–Crippen LogP) is 2.42. The Balaban J connectivity index is 1.71. The van der Waals surface area contributed by atoms with Gasteiger partial charge in [0.25, 0.3) is 5.91 Å². The maximum atomic E-state index is 11.7. The SMILES string of the molecule is Cc1cccc(OCC(=O)NNC(=O)Cc2ccc(Cl)cc2)c1. The lowest BCUT2D eigenvalue weighted by Crippen LogP contribution is -2.44. The summed E-state index contributed by atoms with van der Waals surface area (Å²) in [6.07, 6.45) is 0.149. The van der Waals surface area contributed by atoms with E-state index in [1.165, 1.54) is 0 Å². The third kappa shape index (κ3) is 6.00. The van der Waals surface area contributed by atoms with Crippen molar-refractivity contribution >= 4 is 23.4 Å². The second-order valence-electron chi connectivity index (χ2n) is 5.00. The summed E-state index contributed by atoms with van der Waals surface area (Å²) >= 11 is 5.77. The van der Waals surface area contributed by atoms with Gasteiger partial charge < -0.3 is 4.74 Å². The first-order valence-corrected chi connectivity index (χ1v) is 7.42. The minimum absolute atomic E-state index is 0.149. The van der Waals surface area contributed by atoms with Gasteiger partial charge in [0.1, 0.15) is 5.75 Å². The molecule has 0 atom stereocenters. The van der Waals surface area contributed by atoms with Crippen LogP contribution >= 0.6 is 11.6 Å². The Morgan fingerprint density at radius 1 is 1.04 bits per heavy atom. The molecule has 0 heterocycles. The molecule has 6 heteroatoms. The van der Waals surface area contributed by atoms with E-state index in [-0.39, 0.29) is 18.9 Å². The lowest BCUT2D eigenvalue weighted by Gasteiger charge is -2.09. The van der Waals surface area contributed by atoms with E-state index in [2.05, 4.69) is 10.9 Å². The van der Waals surface area contributed by atoms with Crippen LogP contribution in [0.1, 0.15) is 11.1 Å². The van der Waals surface area contributed by atoms with Gasteiger partial charge in [-0.25, -0.2) is 0 Å². The third-order valence-corrected chi connectivity index (χ3v) is 3.23. The van der Waals surface area contributed by atoms with E-state index >= 15 is 0 Å². The van der Waals surface area contributed by atoms with E-state index in [1.54, 1.807) is 30.3 Å². The number of halogens is 1. The number of hydrazine groups is 1. The number of benzene rings is 2. The van der Waals surface area contributed by atoms with Gasteiger partial charge in [0.2, 0.25) is 5.91 Å². The number of ether oxygens (including phenoxy) is 1. The minimum Gasteiger partial charge on any atom is -0.484 e. The van der Waals surface area contributed by atoms with Crippen LogP contribution in [-0.4, -0.2) is 18.4 Å². The van der Waals surface area contributed by atoms with Crippen molar-refractivity contribution in [1.82, 2.24) is 10.9 Å². The topological polar surface area (TPSA) is 67.4 Å². The minimum atomic E-state index is -0.434. The summed E-state index contributed by atoms with van der Waals surface area (Å²) in [4.78, 5) is 23.4. The molecule has 0 saturated heterocycles. The van der Waals surface area contributed by atoms with Gasteiger partial charge in [-0.3, -0.25) is 20.4 Å². The monoisotopic (exact) mass is 332 g/mol. The first kappa shape index (κ1) is 16.8. The fourth-order valence-electron chi connectivity index (χ4n) is 1.86. The van der Waals surface area contributed by atoms with Gasteiger partial charge in [-0.05, 0) is 42.3 Å². The largest absolute Gasteiger partial charge is 0.484 e. The van der Waals surface area contributed by atoms with Crippen molar-refractivity contribution in [2.75, 3.05) is 6.61 Å². The summed E-state index contributed by atoms with van der Waals surface area (Å²) in [5, 5.41) is 0.607. The van der Waals surface area contributed by atoms with Gasteiger partial charge in [-0.2, -0.15) is 0 Å². The normalized spacial score (nSPS) is 10.0. The lowest BCUT2D eigenvalue weighted by atomic mass is 10.1. The van der Waals surface area contributed by atoms with Gasteiger partial charge in [0, 0.05) is 5.02 Å². The molecule has 0 aromatic heterocycles. The van der Waals surface area contributed by atoms with Crippen LogP contribution in [0.5, 0.6) is 5.75 Å². The maximum absolute atomic E-state index is 11.7. The Bertz CT molecular complexity index is 686. The molecular formula is C17H17ClN2O3. The number of hydrogen-bond donors (Lipinski definition) is 2. The maximum Gasteiger partial charge on any atom is 0.276 e. The summed E-state index contributed by atoms with van der Waals surface area (Å²) in [7, 11) is 0. The van der Waals surface area contributed by atoms with Crippen molar-refractivity contribution in [2.45, 2.75) is 13.3 Å². The van der Waals surface area contributed by atoms with Crippen molar-refractivity contribution in [2.24, 2.45) is 0 Å². The van der Waals surface area contributed by atoms with Crippen LogP contribution in [-0.2, 0) is 16.0 Å². The van der Waals surface area contributed by atoms with Gasteiger partial charge in [-0.1, -0.05) is 35.9 Å². The Morgan fingerprint density at radius 3 is 2.43 bits per heavy atom. The molecular weight excluding hydrogens is 316 g/mol. The van der Waals surface area contributed by atoms with Gasteiger partial charge in [-0.15, -0.1) is 0 Å². The molecule has 0 aliphatic rings. The quantitative estimate of drug-likeness (QED) is 0.826. The van der Waals surface area contributed by atoms with Crippen molar-refractivity contribution in [3.8, 4) is 5.75 Å². The predicted molar refractivity (Wildman–Crippen MR) is 88.1 cm³/mol. The molecule has 0 bridgehead atoms. The average Bonchev–Trinajstić information content (AvgIpc) is 2.53. The molecule has 120 valence electrons. The van der Waals surface area contributed by atoms with Crippen LogP contribution in [0, 0.1) is 6.92 Å². The fraction of sp³-hybridized carbons (Fsp3) is 0.176. The van der Waals surface area contributed by atoms with Gasteiger partial charge in [0.15, 0.2) is 6.61 Å². The van der Waals surface area contributed by atoms with Crippen LogP contribution in [0.15, 0.2) is 48.5 Å². The van der Waals surface area contributed by atoms with Crippen molar-refractivity contribution in [1.29, 1.82) is 0 Å². The summed E-state index contributed by atoms with van der Waals surface area (Å²) < 4.78 is 5.33. The smallest absolute Gasteiger partial charge is 0.276 e. The number of aryl methyl sites for hydroxylation is 1. The standard InChI is InChI=1S/C17H17ClN2O3/c1-12-3-2-4-15(9-12)23-11-17(22)20-19-16(21)10-13-5-7-14(18)8-6-13/h2-9H,10-11H2,1H3,(H,19,21)(H,20,22). The molecule has 0 aliphatic carbocycles. The fourth-order valence-corrected chi connectivity index (χ4v) is 1.99. The Hall–Kier alpha value is -2.53. The molecule has 0 saturated carbocycles. The molecule has 2 N–H and O–H groups in total. The van der Waals surface area contributed by atoms with E-state index in [0.717, 1.165) is 11.1 Å². The highest BCUT2D eigenvalue weighted by atomic mass is 35.5. The molecule has 2 aromatic carbocycles. The molecule has 2 rings (SSSR count). The Morgan fingerprint density at radius 2 is 1.74 bits per heavy atom. The zero-order valence-corrected chi connectivity index (χ0v) is 13.4. The van der Waals surface area contributed by atoms with Crippen molar-refractivity contribution < 1.29 is 14.3 Å². The molecule has 0 aliphatic heterocycles.